The molecule has 2 rings (SSSR count). The Morgan fingerprint density at radius 1 is 1.65 bits per heavy atom. The van der Waals surface area contributed by atoms with Crippen molar-refractivity contribution in [2.24, 2.45) is 5.73 Å². The van der Waals surface area contributed by atoms with Crippen LogP contribution in [0, 0.1) is 12.3 Å². The van der Waals surface area contributed by atoms with E-state index in [1.165, 1.54) is 18.7 Å². The van der Waals surface area contributed by atoms with Gasteiger partial charge in [-0.2, -0.15) is 0 Å². The molecule has 8 heteroatoms. The molecule has 1 saturated heterocycles. The van der Waals surface area contributed by atoms with E-state index in [0.29, 0.717) is 0 Å². The van der Waals surface area contributed by atoms with Crippen molar-refractivity contribution in [1.82, 2.24) is 4.90 Å². The van der Waals surface area contributed by atoms with Crippen LogP contribution in [0.1, 0.15) is 6.92 Å². The third-order valence-electron chi connectivity index (χ3n) is 2.99. The Balaban J connectivity index is 2.42. The summed E-state index contributed by atoms with van der Waals surface area (Å²) < 4.78 is 4.91. The van der Waals surface area contributed by atoms with Gasteiger partial charge in [-0.3, -0.25) is 14.5 Å². The van der Waals surface area contributed by atoms with E-state index in [1.54, 1.807) is 0 Å². The smallest absolute Gasteiger partial charge is 0.352 e. The third kappa shape index (κ3) is 2.15. The second kappa shape index (κ2) is 5.19. The first-order valence-corrected chi connectivity index (χ1v) is 6.73. The lowest BCUT2D eigenvalue weighted by molar-refractivity contribution is -0.148. The predicted molar refractivity (Wildman–Crippen MR) is 70.1 cm³/mol. The topological polar surface area (TPSA) is 110 Å². The molecular weight excluding hydrogens is 284 g/mol. The van der Waals surface area contributed by atoms with E-state index in [0.717, 1.165) is 4.90 Å². The summed E-state index contributed by atoms with van der Waals surface area (Å²) >= 11 is 1.30. The molecule has 2 aliphatic rings. The highest BCUT2D eigenvalue weighted by atomic mass is 32.2. The van der Waals surface area contributed by atoms with Gasteiger partial charge in [0.1, 0.15) is 17.1 Å². The number of rotatable bonds is 3. The molecule has 0 bridgehead atoms. The van der Waals surface area contributed by atoms with Crippen molar-refractivity contribution in [1.29, 1.82) is 0 Å². The molecule has 0 saturated carbocycles. The maximum absolute atomic E-state index is 11.7. The number of carboxylic acids is 1. The van der Waals surface area contributed by atoms with Crippen LogP contribution in [0.4, 0.5) is 0 Å². The minimum atomic E-state index is -1.29. The van der Waals surface area contributed by atoms with Gasteiger partial charge >= 0.3 is 11.9 Å². The Hall–Kier alpha value is -1.98. The summed E-state index contributed by atoms with van der Waals surface area (Å²) in [5.74, 6) is 0.0776. The molecule has 20 heavy (non-hydrogen) atoms. The maximum Gasteiger partial charge on any atom is 0.352 e. The van der Waals surface area contributed by atoms with E-state index in [-0.39, 0.29) is 17.0 Å². The van der Waals surface area contributed by atoms with Crippen LogP contribution >= 0.6 is 11.8 Å². The van der Waals surface area contributed by atoms with Gasteiger partial charge in [-0.1, -0.05) is 5.92 Å². The molecule has 1 unspecified atom stereocenters. The van der Waals surface area contributed by atoms with Crippen molar-refractivity contribution in [2.45, 2.75) is 24.4 Å². The van der Waals surface area contributed by atoms with Crippen molar-refractivity contribution >= 4 is 29.6 Å². The normalized spacial score (nSPS) is 26.2. The molecule has 106 valence electrons. The van der Waals surface area contributed by atoms with Crippen molar-refractivity contribution < 1.29 is 24.2 Å². The number of carbonyl (C=O) groups is 3. The molecule has 1 fully saturated rings. The summed E-state index contributed by atoms with van der Waals surface area (Å²) in [5, 5.41) is 8.89. The highest BCUT2D eigenvalue weighted by Gasteiger charge is 2.52. The van der Waals surface area contributed by atoms with Gasteiger partial charge in [0.05, 0.1) is 0 Å². The minimum absolute atomic E-state index is 0.219. The first-order valence-electron chi connectivity index (χ1n) is 5.68. The second-order valence-electron chi connectivity index (χ2n) is 4.27. The van der Waals surface area contributed by atoms with Gasteiger partial charge in [0.25, 0.3) is 0 Å². The largest absolute Gasteiger partial charge is 0.477 e. The molecule has 1 amide bonds. The van der Waals surface area contributed by atoms with Gasteiger partial charge in [-0.05, 0) is 0 Å². The fourth-order valence-corrected chi connectivity index (χ4v) is 3.43. The molecule has 0 aromatic rings. The number of esters is 1. The number of amides is 1. The number of β-lactam (4-membered cyclic amide) rings is 1. The summed E-state index contributed by atoms with van der Waals surface area (Å²) in [6.07, 6.45) is 4.18. The van der Waals surface area contributed by atoms with Crippen molar-refractivity contribution in [3.63, 3.8) is 0 Å². The van der Waals surface area contributed by atoms with E-state index in [4.69, 9.17) is 16.9 Å². The van der Waals surface area contributed by atoms with Crippen LogP contribution in [0.3, 0.4) is 0 Å². The summed E-state index contributed by atoms with van der Waals surface area (Å²) in [6, 6.07) is -0.714. The van der Waals surface area contributed by atoms with E-state index >= 15 is 0 Å². The number of terminal acetylenes is 1. The molecule has 3 N–H and O–H groups in total. The summed E-state index contributed by atoms with van der Waals surface area (Å²) in [5.41, 5.74) is 5.61. The van der Waals surface area contributed by atoms with Gasteiger partial charge < -0.3 is 15.6 Å². The number of carboxylic acid groups (broad SMARTS) is 1. The molecular formula is C12H12N2O5S. The van der Waals surface area contributed by atoms with Gasteiger partial charge in [0.2, 0.25) is 5.91 Å². The third-order valence-corrected chi connectivity index (χ3v) is 4.32. The number of nitrogens with two attached hydrogens (primary N) is 1. The van der Waals surface area contributed by atoms with Crippen molar-refractivity contribution in [3.8, 4) is 12.3 Å². The molecule has 2 aliphatic heterocycles. The number of carbonyl (C=O) groups excluding carboxylic acids is 2. The van der Waals surface area contributed by atoms with Crippen LogP contribution in [0.15, 0.2) is 11.3 Å². The van der Waals surface area contributed by atoms with Gasteiger partial charge in [-0.15, -0.1) is 18.2 Å². The molecule has 7 nitrogen and oxygen atoms in total. The quantitative estimate of drug-likeness (QED) is 0.396. The number of nitrogens with zero attached hydrogens (tertiary/aromatic N) is 1. The first kappa shape index (κ1) is 14.4. The SMILES string of the molecule is C#CC(OC(C)=O)C1=C(C(=O)O)N2C(=O)[C@H](N)[C@H]2SC1. The fraction of sp³-hybridized carbons (Fsp3) is 0.417. The molecule has 0 aromatic heterocycles. The highest BCUT2D eigenvalue weighted by molar-refractivity contribution is 8.00. The van der Waals surface area contributed by atoms with Crippen LogP contribution in [0.5, 0.6) is 0 Å². The fourth-order valence-electron chi connectivity index (χ4n) is 2.11. The Labute approximate surface area is 119 Å². The number of hydrogen-bond donors (Lipinski definition) is 2. The average Bonchev–Trinajstić information content (AvgIpc) is 2.41. The van der Waals surface area contributed by atoms with Crippen LogP contribution in [-0.4, -0.2) is 51.1 Å². The van der Waals surface area contributed by atoms with Crippen molar-refractivity contribution in [3.05, 3.63) is 11.3 Å². The minimum Gasteiger partial charge on any atom is -0.477 e. The van der Waals surface area contributed by atoms with Crippen LogP contribution < -0.4 is 5.73 Å². The Kier molecular flexibility index (Phi) is 3.74. The zero-order valence-corrected chi connectivity index (χ0v) is 11.3. The van der Waals surface area contributed by atoms with E-state index in [9.17, 15) is 19.5 Å². The van der Waals surface area contributed by atoms with Gasteiger partial charge in [-0.25, -0.2) is 4.79 Å². The summed E-state index contributed by atoms with van der Waals surface area (Å²) in [7, 11) is 0. The molecule has 0 aliphatic carbocycles. The van der Waals surface area contributed by atoms with E-state index in [1.807, 2.05) is 0 Å². The summed E-state index contributed by atoms with van der Waals surface area (Å²) in [4.78, 5) is 35.2. The Morgan fingerprint density at radius 2 is 2.30 bits per heavy atom. The first-order chi connectivity index (χ1) is 9.38. The zero-order chi connectivity index (χ0) is 15.0. The molecule has 0 aromatic carbocycles. The molecule has 0 radical (unpaired) electrons. The lowest BCUT2D eigenvalue weighted by Crippen LogP contribution is -2.68. The number of fused-ring (bicyclic) bond motifs is 1. The number of ether oxygens (including phenoxy) is 1. The van der Waals surface area contributed by atoms with Crippen molar-refractivity contribution in [2.75, 3.05) is 5.75 Å². The lowest BCUT2D eigenvalue weighted by Gasteiger charge is -2.48. The van der Waals surface area contributed by atoms with Crippen LogP contribution in [0.25, 0.3) is 0 Å². The number of aliphatic carboxylic acids is 1. The van der Waals surface area contributed by atoms with Gasteiger partial charge in [0, 0.05) is 18.2 Å². The average molecular weight is 296 g/mol. The Morgan fingerprint density at radius 3 is 2.80 bits per heavy atom. The maximum atomic E-state index is 11.7. The monoisotopic (exact) mass is 296 g/mol. The zero-order valence-electron chi connectivity index (χ0n) is 10.5. The van der Waals surface area contributed by atoms with E-state index < -0.39 is 35.4 Å². The lowest BCUT2D eigenvalue weighted by atomic mass is 10.0. The predicted octanol–water partition coefficient (Wildman–Crippen LogP) is -0.868. The van der Waals surface area contributed by atoms with Crippen LogP contribution in [-0.2, 0) is 19.1 Å². The second-order valence-corrected chi connectivity index (χ2v) is 5.38. The molecule has 0 spiro atoms. The Bertz CT molecular complexity index is 565. The van der Waals surface area contributed by atoms with Gasteiger partial charge in [0.15, 0.2) is 6.10 Å². The molecule has 2 heterocycles. The van der Waals surface area contributed by atoms with Crippen LogP contribution in [0.2, 0.25) is 0 Å². The van der Waals surface area contributed by atoms with E-state index in [2.05, 4.69) is 5.92 Å². The molecule has 3 atom stereocenters. The highest BCUT2D eigenvalue weighted by Crippen LogP contribution is 2.40. The number of thioether (sulfide) groups is 1. The standard InChI is InChI=1S/C12H12N2O5S/c1-3-7(19-5(2)15)6-4-20-11-8(13)10(16)14(11)9(6)12(17)18/h1,7-8,11H,4,13H2,2H3,(H,17,18)/t7?,8-,11+/m0/s1. The summed E-state index contributed by atoms with van der Waals surface area (Å²) in [6.45, 7) is 1.18. The number of hydrogen-bond acceptors (Lipinski definition) is 6.